The third-order valence-corrected chi connectivity index (χ3v) is 2.95. The SMILES string of the molecule is O=C(O)C1CC(=O)N(c2ncc(Cl)cc2[N+](=O)[O-])C1. The highest BCUT2D eigenvalue weighted by Crippen LogP contribution is 2.32. The van der Waals surface area contributed by atoms with E-state index >= 15 is 0 Å². The fourth-order valence-corrected chi connectivity index (χ4v) is 1.99. The summed E-state index contributed by atoms with van der Waals surface area (Å²) in [5.41, 5.74) is -0.424. The molecule has 8 nitrogen and oxygen atoms in total. The number of anilines is 1. The average Bonchev–Trinajstić information content (AvgIpc) is 2.71. The second-order valence-corrected chi connectivity index (χ2v) is 4.43. The standard InChI is InChI=1S/C10H8ClN3O5/c11-6-2-7(14(18)19)9(12-3-6)13-4-5(10(16)17)1-8(13)15/h2-3,5H,1,4H2,(H,16,17). The Kier molecular flexibility index (Phi) is 3.34. The molecule has 1 N–H and O–H groups in total. The molecular formula is C10H8ClN3O5. The van der Waals surface area contributed by atoms with Gasteiger partial charge in [0.05, 0.1) is 15.9 Å². The van der Waals surface area contributed by atoms with Crippen LogP contribution >= 0.6 is 11.6 Å². The van der Waals surface area contributed by atoms with Crippen LogP contribution in [0.2, 0.25) is 5.02 Å². The summed E-state index contributed by atoms with van der Waals surface area (Å²) in [6, 6.07) is 1.07. The van der Waals surface area contributed by atoms with Gasteiger partial charge in [-0.25, -0.2) is 4.98 Å². The number of halogens is 1. The Hall–Kier alpha value is -2.22. The number of hydrogen-bond acceptors (Lipinski definition) is 5. The summed E-state index contributed by atoms with van der Waals surface area (Å²) < 4.78 is 0. The van der Waals surface area contributed by atoms with Crippen molar-refractivity contribution in [2.75, 3.05) is 11.4 Å². The van der Waals surface area contributed by atoms with Crippen molar-refractivity contribution in [3.8, 4) is 0 Å². The molecule has 1 amide bonds. The van der Waals surface area contributed by atoms with E-state index in [9.17, 15) is 19.7 Å². The first-order chi connectivity index (χ1) is 8.90. The minimum atomic E-state index is -1.12. The van der Waals surface area contributed by atoms with E-state index in [0.29, 0.717) is 0 Å². The van der Waals surface area contributed by atoms with Crippen LogP contribution in [0.15, 0.2) is 12.3 Å². The average molecular weight is 286 g/mol. The lowest BCUT2D eigenvalue weighted by atomic mass is 10.1. The highest BCUT2D eigenvalue weighted by molar-refractivity contribution is 6.30. The molecule has 1 aromatic rings. The molecule has 1 aliphatic rings. The summed E-state index contributed by atoms with van der Waals surface area (Å²) in [6.45, 7) is -0.135. The highest BCUT2D eigenvalue weighted by Gasteiger charge is 2.38. The second kappa shape index (κ2) is 4.81. The zero-order chi connectivity index (χ0) is 14.2. The third-order valence-electron chi connectivity index (χ3n) is 2.74. The Bertz CT molecular complexity index is 576. The van der Waals surface area contributed by atoms with E-state index in [-0.39, 0.29) is 23.8 Å². The largest absolute Gasteiger partial charge is 0.481 e. The molecule has 0 radical (unpaired) electrons. The summed E-state index contributed by atoms with van der Waals surface area (Å²) in [7, 11) is 0. The van der Waals surface area contributed by atoms with Crippen molar-refractivity contribution in [2.24, 2.45) is 5.92 Å². The molecule has 1 fully saturated rings. The topological polar surface area (TPSA) is 114 Å². The Labute approximate surface area is 111 Å². The minimum absolute atomic E-state index is 0.0666. The summed E-state index contributed by atoms with van der Waals surface area (Å²) in [5.74, 6) is -2.69. The molecule has 0 aromatic carbocycles. The Morgan fingerprint density at radius 3 is 2.84 bits per heavy atom. The smallest absolute Gasteiger partial charge is 0.313 e. The Balaban J connectivity index is 2.40. The number of rotatable bonds is 3. The maximum Gasteiger partial charge on any atom is 0.313 e. The fraction of sp³-hybridized carbons (Fsp3) is 0.300. The van der Waals surface area contributed by atoms with Crippen LogP contribution < -0.4 is 4.90 Å². The minimum Gasteiger partial charge on any atom is -0.481 e. The van der Waals surface area contributed by atoms with Crippen LogP contribution in [0, 0.1) is 16.0 Å². The van der Waals surface area contributed by atoms with Gasteiger partial charge in [0.25, 0.3) is 0 Å². The molecule has 1 saturated heterocycles. The molecule has 0 saturated carbocycles. The van der Waals surface area contributed by atoms with E-state index in [1.807, 2.05) is 0 Å². The van der Waals surface area contributed by atoms with Crippen LogP contribution in [-0.2, 0) is 9.59 Å². The van der Waals surface area contributed by atoms with Crippen molar-refractivity contribution in [1.82, 2.24) is 4.98 Å². The van der Waals surface area contributed by atoms with Gasteiger partial charge < -0.3 is 5.11 Å². The van der Waals surface area contributed by atoms with E-state index in [1.165, 1.54) is 6.20 Å². The van der Waals surface area contributed by atoms with E-state index in [2.05, 4.69) is 4.98 Å². The van der Waals surface area contributed by atoms with Crippen LogP contribution in [0.5, 0.6) is 0 Å². The number of nitrogens with zero attached hydrogens (tertiary/aromatic N) is 3. The van der Waals surface area contributed by atoms with Crippen LogP contribution in [0.1, 0.15) is 6.42 Å². The molecule has 100 valence electrons. The molecule has 19 heavy (non-hydrogen) atoms. The quantitative estimate of drug-likeness (QED) is 0.656. The van der Waals surface area contributed by atoms with Crippen molar-refractivity contribution >= 4 is 35.0 Å². The number of carboxylic acids is 1. The van der Waals surface area contributed by atoms with Gasteiger partial charge in [-0.2, -0.15) is 0 Å². The number of carbonyl (C=O) groups is 2. The number of hydrogen-bond donors (Lipinski definition) is 1. The van der Waals surface area contributed by atoms with Crippen LogP contribution in [0.25, 0.3) is 0 Å². The lowest BCUT2D eigenvalue weighted by molar-refractivity contribution is -0.384. The number of pyridine rings is 1. The van der Waals surface area contributed by atoms with Gasteiger partial charge >= 0.3 is 11.7 Å². The maximum absolute atomic E-state index is 11.7. The number of amides is 1. The number of aromatic nitrogens is 1. The first-order valence-electron chi connectivity index (χ1n) is 5.23. The molecule has 0 aliphatic carbocycles. The molecule has 2 heterocycles. The van der Waals surface area contributed by atoms with Gasteiger partial charge in [-0.15, -0.1) is 0 Å². The van der Waals surface area contributed by atoms with Crippen molar-refractivity contribution < 1.29 is 19.6 Å². The molecule has 9 heteroatoms. The first kappa shape index (κ1) is 13.2. The van der Waals surface area contributed by atoms with Gasteiger partial charge in [-0.05, 0) is 0 Å². The zero-order valence-corrected chi connectivity index (χ0v) is 10.2. The van der Waals surface area contributed by atoms with E-state index in [4.69, 9.17) is 16.7 Å². The zero-order valence-electron chi connectivity index (χ0n) is 9.45. The van der Waals surface area contributed by atoms with E-state index in [0.717, 1.165) is 11.0 Å². The summed E-state index contributed by atoms with van der Waals surface area (Å²) in [4.78, 5) is 37.5. The Morgan fingerprint density at radius 1 is 1.63 bits per heavy atom. The lowest BCUT2D eigenvalue weighted by Crippen LogP contribution is -2.27. The van der Waals surface area contributed by atoms with Crippen molar-refractivity contribution in [1.29, 1.82) is 0 Å². The molecule has 1 aromatic heterocycles. The molecule has 1 atom stereocenters. The van der Waals surface area contributed by atoms with Crippen LogP contribution in [0.3, 0.4) is 0 Å². The van der Waals surface area contributed by atoms with Crippen molar-refractivity contribution in [3.05, 3.63) is 27.4 Å². The maximum atomic E-state index is 11.7. The molecule has 0 spiro atoms. The van der Waals surface area contributed by atoms with Gasteiger partial charge in [-0.1, -0.05) is 11.6 Å². The monoisotopic (exact) mass is 285 g/mol. The lowest BCUT2D eigenvalue weighted by Gasteiger charge is -2.14. The van der Waals surface area contributed by atoms with Crippen LogP contribution in [0.4, 0.5) is 11.5 Å². The summed E-state index contributed by atoms with van der Waals surface area (Å²) >= 11 is 5.62. The van der Waals surface area contributed by atoms with Gasteiger partial charge in [0.15, 0.2) is 0 Å². The van der Waals surface area contributed by atoms with E-state index < -0.39 is 28.4 Å². The predicted octanol–water partition coefficient (Wildman–Crippen LogP) is 1.08. The van der Waals surface area contributed by atoms with Gasteiger partial charge in [0.1, 0.15) is 0 Å². The van der Waals surface area contributed by atoms with Gasteiger partial charge in [0.2, 0.25) is 11.7 Å². The second-order valence-electron chi connectivity index (χ2n) is 4.00. The first-order valence-corrected chi connectivity index (χ1v) is 5.61. The summed E-state index contributed by atoms with van der Waals surface area (Å²) in [6.07, 6.45) is 0.974. The molecule has 2 rings (SSSR count). The van der Waals surface area contributed by atoms with Crippen molar-refractivity contribution in [2.45, 2.75) is 6.42 Å². The highest BCUT2D eigenvalue weighted by atomic mass is 35.5. The normalized spacial score (nSPS) is 18.7. The molecular weight excluding hydrogens is 278 g/mol. The number of carbonyl (C=O) groups excluding carboxylic acids is 1. The molecule has 1 unspecified atom stereocenters. The summed E-state index contributed by atoms with van der Waals surface area (Å²) in [5, 5.41) is 19.8. The number of nitro groups is 1. The van der Waals surface area contributed by atoms with Gasteiger partial charge in [0, 0.05) is 25.2 Å². The predicted molar refractivity (Wildman–Crippen MR) is 64.0 cm³/mol. The molecule has 1 aliphatic heterocycles. The third kappa shape index (κ3) is 2.48. The molecule has 0 bridgehead atoms. The number of carboxylic acid groups (broad SMARTS) is 1. The Morgan fingerprint density at radius 2 is 2.32 bits per heavy atom. The van der Waals surface area contributed by atoms with Crippen molar-refractivity contribution in [3.63, 3.8) is 0 Å². The fourth-order valence-electron chi connectivity index (χ4n) is 1.84. The van der Waals surface area contributed by atoms with Crippen LogP contribution in [-0.4, -0.2) is 33.4 Å². The van der Waals surface area contributed by atoms with E-state index in [1.54, 1.807) is 0 Å². The van der Waals surface area contributed by atoms with Gasteiger partial charge in [-0.3, -0.25) is 24.6 Å². The number of aliphatic carboxylic acids is 1.